The van der Waals surface area contributed by atoms with Crippen molar-refractivity contribution in [1.29, 1.82) is 0 Å². The zero-order chi connectivity index (χ0) is 13.0. The van der Waals surface area contributed by atoms with Gasteiger partial charge in [-0.3, -0.25) is 4.68 Å². The molecule has 0 spiro atoms. The van der Waals surface area contributed by atoms with Gasteiger partial charge in [0.1, 0.15) is 5.82 Å². The second-order valence-electron chi connectivity index (χ2n) is 4.46. The summed E-state index contributed by atoms with van der Waals surface area (Å²) in [5.41, 5.74) is 3.20. The molecule has 0 atom stereocenters. The summed E-state index contributed by atoms with van der Waals surface area (Å²) in [6.45, 7) is 3.59. The first-order valence-corrected chi connectivity index (χ1v) is 6.10. The Balaban J connectivity index is 1.78. The molecule has 0 radical (unpaired) electrons. The lowest BCUT2D eigenvalue weighted by atomic mass is 10.1. The van der Waals surface area contributed by atoms with Gasteiger partial charge in [-0.15, -0.1) is 0 Å². The van der Waals surface area contributed by atoms with Gasteiger partial charge in [0.25, 0.3) is 0 Å². The molecule has 0 unspecified atom stereocenters. The molecule has 2 rings (SSSR count). The first kappa shape index (κ1) is 12.8. The normalized spacial score (nSPS) is 10.8. The Bertz CT molecular complexity index is 520. The fraction of sp³-hybridized carbons (Fsp3) is 0.357. The summed E-state index contributed by atoms with van der Waals surface area (Å²) in [5.74, 6) is -0.172. The minimum absolute atomic E-state index is 0.172. The molecule has 0 amide bonds. The van der Waals surface area contributed by atoms with Crippen molar-refractivity contribution in [3.63, 3.8) is 0 Å². The molecule has 0 aliphatic heterocycles. The Hall–Kier alpha value is -1.68. The van der Waals surface area contributed by atoms with E-state index in [0.29, 0.717) is 0 Å². The molecular formula is C14H18FN3. The number of aromatic nitrogens is 2. The Morgan fingerprint density at radius 1 is 1.33 bits per heavy atom. The number of rotatable bonds is 5. The van der Waals surface area contributed by atoms with E-state index in [1.54, 1.807) is 12.1 Å². The molecule has 3 nitrogen and oxygen atoms in total. The van der Waals surface area contributed by atoms with Crippen LogP contribution < -0.4 is 5.32 Å². The van der Waals surface area contributed by atoms with Crippen molar-refractivity contribution < 1.29 is 4.39 Å². The molecule has 1 aromatic carbocycles. The van der Waals surface area contributed by atoms with Crippen molar-refractivity contribution in [3.8, 4) is 0 Å². The van der Waals surface area contributed by atoms with Crippen LogP contribution in [-0.2, 0) is 20.0 Å². The lowest BCUT2D eigenvalue weighted by Gasteiger charge is -2.05. The molecule has 96 valence electrons. The third-order valence-corrected chi connectivity index (χ3v) is 2.88. The molecule has 1 heterocycles. The lowest BCUT2D eigenvalue weighted by Crippen LogP contribution is -2.18. The monoisotopic (exact) mass is 247 g/mol. The molecule has 18 heavy (non-hydrogen) atoms. The number of hydrogen-bond acceptors (Lipinski definition) is 2. The molecule has 1 N–H and O–H groups in total. The fourth-order valence-electron chi connectivity index (χ4n) is 1.97. The van der Waals surface area contributed by atoms with Gasteiger partial charge in [0.2, 0.25) is 0 Å². The molecule has 4 heteroatoms. The number of hydrogen-bond donors (Lipinski definition) is 1. The average Bonchev–Trinajstić information content (AvgIpc) is 2.64. The van der Waals surface area contributed by atoms with Crippen LogP contribution in [0, 0.1) is 12.7 Å². The highest BCUT2D eigenvalue weighted by Gasteiger charge is 2.01. The SMILES string of the molecule is Cc1cc(CNCCc2cccc(F)c2)n(C)n1. The molecule has 0 aliphatic carbocycles. The average molecular weight is 247 g/mol. The Kier molecular flexibility index (Phi) is 4.10. The minimum atomic E-state index is -0.172. The number of aryl methyl sites for hydroxylation is 2. The summed E-state index contributed by atoms with van der Waals surface area (Å²) < 4.78 is 14.8. The van der Waals surface area contributed by atoms with E-state index < -0.39 is 0 Å². The largest absolute Gasteiger partial charge is 0.311 e. The number of nitrogens with one attached hydrogen (secondary N) is 1. The molecule has 0 saturated carbocycles. The number of halogens is 1. The van der Waals surface area contributed by atoms with Crippen molar-refractivity contribution >= 4 is 0 Å². The molecule has 0 saturated heterocycles. The second kappa shape index (κ2) is 5.78. The van der Waals surface area contributed by atoms with Crippen LogP contribution in [0.2, 0.25) is 0 Å². The fourth-order valence-corrected chi connectivity index (χ4v) is 1.97. The van der Waals surface area contributed by atoms with Crippen LogP contribution in [0.1, 0.15) is 17.0 Å². The second-order valence-corrected chi connectivity index (χ2v) is 4.46. The number of benzene rings is 1. The van der Waals surface area contributed by atoms with E-state index in [9.17, 15) is 4.39 Å². The van der Waals surface area contributed by atoms with Crippen LogP contribution >= 0.6 is 0 Å². The van der Waals surface area contributed by atoms with Crippen LogP contribution in [0.3, 0.4) is 0 Å². The maximum absolute atomic E-state index is 13.0. The van der Waals surface area contributed by atoms with Crippen LogP contribution in [0.25, 0.3) is 0 Å². The van der Waals surface area contributed by atoms with E-state index in [-0.39, 0.29) is 5.82 Å². The molecular weight excluding hydrogens is 229 g/mol. The van der Waals surface area contributed by atoms with Crippen molar-refractivity contribution in [2.24, 2.45) is 7.05 Å². The summed E-state index contributed by atoms with van der Waals surface area (Å²) in [7, 11) is 1.94. The maximum atomic E-state index is 13.0. The van der Waals surface area contributed by atoms with E-state index in [0.717, 1.165) is 36.5 Å². The Morgan fingerprint density at radius 2 is 2.17 bits per heavy atom. The first-order chi connectivity index (χ1) is 8.65. The highest BCUT2D eigenvalue weighted by molar-refractivity contribution is 5.16. The minimum Gasteiger partial charge on any atom is -0.311 e. The summed E-state index contributed by atoms with van der Waals surface area (Å²) >= 11 is 0. The number of nitrogens with zero attached hydrogens (tertiary/aromatic N) is 2. The van der Waals surface area contributed by atoms with Crippen molar-refractivity contribution in [2.45, 2.75) is 19.9 Å². The molecule has 2 aromatic rings. The Labute approximate surface area is 107 Å². The van der Waals surface area contributed by atoms with Gasteiger partial charge in [0.15, 0.2) is 0 Å². The molecule has 1 aromatic heterocycles. The van der Waals surface area contributed by atoms with Crippen molar-refractivity contribution in [1.82, 2.24) is 15.1 Å². The van der Waals surface area contributed by atoms with Gasteiger partial charge in [-0.2, -0.15) is 5.10 Å². The van der Waals surface area contributed by atoms with Crippen LogP contribution in [0.4, 0.5) is 4.39 Å². The van der Waals surface area contributed by atoms with E-state index in [1.807, 2.05) is 24.7 Å². The predicted octanol–water partition coefficient (Wildman–Crippen LogP) is 2.20. The van der Waals surface area contributed by atoms with Gasteiger partial charge in [0.05, 0.1) is 11.4 Å². The molecule has 0 fully saturated rings. The highest BCUT2D eigenvalue weighted by Crippen LogP contribution is 2.04. The van der Waals surface area contributed by atoms with Crippen LogP contribution in [-0.4, -0.2) is 16.3 Å². The van der Waals surface area contributed by atoms with E-state index >= 15 is 0 Å². The van der Waals surface area contributed by atoms with Crippen molar-refractivity contribution in [3.05, 3.63) is 53.1 Å². The zero-order valence-electron chi connectivity index (χ0n) is 10.8. The van der Waals surface area contributed by atoms with Crippen molar-refractivity contribution in [2.75, 3.05) is 6.54 Å². The standard InChI is InChI=1S/C14H18FN3/c1-11-8-14(18(2)17-11)10-16-7-6-12-4-3-5-13(15)9-12/h3-5,8-9,16H,6-7,10H2,1-2H3. The molecule has 0 aliphatic rings. The van der Waals surface area contributed by atoms with Gasteiger partial charge in [0, 0.05) is 13.6 Å². The summed E-state index contributed by atoms with van der Waals surface area (Å²) in [5, 5.41) is 7.63. The predicted molar refractivity (Wildman–Crippen MR) is 69.8 cm³/mol. The summed E-state index contributed by atoms with van der Waals surface area (Å²) in [6.07, 6.45) is 0.828. The topological polar surface area (TPSA) is 29.9 Å². The van der Waals surface area contributed by atoms with Crippen LogP contribution in [0.5, 0.6) is 0 Å². The third-order valence-electron chi connectivity index (χ3n) is 2.88. The van der Waals surface area contributed by atoms with E-state index in [4.69, 9.17) is 0 Å². The highest BCUT2D eigenvalue weighted by atomic mass is 19.1. The zero-order valence-corrected chi connectivity index (χ0v) is 10.8. The Morgan fingerprint density at radius 3 is 2.83 bits per heavy atom. The summed E-state index contributed by atoms with van der Waals surface area (Å²) in [6, 6.07) is 8.80. The summed E-state index contributed by atoms with van der Waals surface area (Å²) in [4.78, 5) is 0. The first-order valence-electron chi connectivity index (χ1n) is 6.10. The lowest BCUT2D eigenvalue weighted by molar-refractivity contribution is 0.614. The van der Waals surface area contributed by atoms with Gasteiger partial charge < -0.3 is 5.32 Å². The van der Waals surface area contributed by atoms with Crippen LogP contribution in [0.15, 0.2) is 30.3 Å². The van der Waals surface area contributed by atoms with E-state index in [1.165, 1.54) is 6.07 Å². The maximum Gasteiger partial charge on any atom is 0.123 e. The van der Waals surface area contributed by atoms with Gasteiger partial charge in [-0.25, -0.2) is 4.39 Å². The smallest absolute Gasteiger partial charge is 0.123 e. The van der Waals surface area contributed by atoms with E-state index in [2.05, 4.69) is 16.5 Å². The van der Waals surface area contributed by atoms with Gasteiger partial charge >= 0.3 is 0 Å². The third kappa shape index (κ3) is 3.40. The molecule has 0 bridgehead atoms. The van der Waals surface area contributed by atoms with Gasteiger partial charge in [-0.1, -0.05) is 12.1 Å². The quantitative estimate of drug-likeness (QED) is 0.821. The van der Waals surface area contributed by atoms with Gasteiger partial charge in [-0.05, 0) is 43.7 Å².